The van der Waals surface area contributed by atoms with Gasteiger partial charge in [0.1, 0.15) is 5.82 Å². The first-order chi connectivity index (χ1) is 12.9. The van der Waals surface area contributed by atoms with Gasteiger partial charge in [-0.2, -0.15) is 0 Å². The van der Waals surface area contributed by atoms with Crippen LogP contribution in [0.25, 0.3) is 11.0 Å². The number of amides is 2. The van der Waals surface area contributed by atoms with E-state index < -0.39 is 6.10 Å². The van der Waals surface area contributed by atoms with Gasteiger partial charge in [-0.1, -0.05) is 26.0 Å². The molecule has 0 bridgehead atoms. The van der Waals surface area contributed by atoms with Crippen LogP contribution in [0.2, 0.25) is 0 Å². The zero-order valence-corrected chi connectivity index (χ0v) is 15.9. The fraction of sp³-hybridized carbons (Fsp3) is 0.550. The summed E-state index contributed by atoms with van der Waals surface area (Å²) in [5.74, 6) is 0.672. The van der Waals surface area contributed by atoms with E-state index in [1.807, 2.05) is 38.1 Å². The molecule has 1 saturated heterocycles. The SMILES string of the molecule is CC(C)C(=O)N[C@H]1CCN(C(=O)CCc2nc3ccccc3[nH]2)CC[C@@H]1O. The number of benzene rings is 1. The number of hydrogen-bond donors (Lipinski definition) is 3. The van der Waals surface area contributed by atoms with Crippen molar-refractivity contribution in [2.75, 3.05) is 13.1 Å². The number of hydrogen-bond acceptors (Lipinski definition) is 4. The monoisotopic (exact) mass is 372 g/mol. The van der Waals surface area contributed by atoms with Gasteiger partial charge in [0, 0.05) is 31.8 Å². The number of rotatable bonds is 5. The molecule has 7 heteroatoms. The number of carbonyl (C=O) groups is 2. The van der Waals surface area contributed by atoms with Gasteiger partial charge < -0.3 is 20.3 Å². The number of para-hydroxylation sites is 2. The van der Waals surface area contributed by atoms with Crippen LogP contribution >= 0.6 is 0 Å². The van der Waals surface area contributed by atoms with Gasteiger partial charge in [-0.3, -0.25) is 9.59 Å². The van der Waals surface area contributed by atoms with E-state index >= 15 is 0 Å². The number of aryl methyl sites for hydroxylation is 1. The molecule has 2 atom stereocenters. The Morgan fingerprint density at radius 2 is 2.04 bits per heavy atom. The molecule has 2 amide bonds. The highest BCUT2D eigenvalue weighted by atomic mass is 16.3. The Bertz CT molecular complexity index is 768. The zero-order valence-electron chi connectivity index (χ0n) is 15.9. The minimum absolute atomic E-state index is 0.0542. The van der Waals surface area contributed by atoms with Crippen LogP contribution in [0.4, 0.5) is 0 Å². The third-order valence-corrected chi connectivity index (χ3v) is 5.09. The smallest absolute Gasteiger partial charge is 0.223 e. The number of fused-ring (bicyclic) bond motifs is 1. The minimum atomic E-state index is -0.624. The second-order valence-corrected chi connectivity index (χ2v) is 7.50. The molecule has 0 aliphatic carbocycles. The quantitative estimate of drug-likeness (QED) is 0.743. The molecular weight excluding hydrogens is 344 g/mol. The van der Waals surface area contributed by atoms with E-state index in [1.54, 1.807) is 4.90 Å². The maximum atomic E-state index is 12.6. The normalized spacial score (nSPS) is 20.7. The van der Waals surface area contributed by atoms with Crippen molar-refractivity contribution in [2.24, 2.45) is 5.92 Å². The van der Waals surface area contributed by atoms with Crippen molar-refractivity contribution in [1.29, 1.82) is 0 Å². The minimum Gasteiger partial charge on any atom is -0.391 e. The van der Waals surface area contributed by atoms with E-state index in [1.165, 1.54) is 0 Å². The van der Waals surface area contributed by atoms with E-state index in [2.05, 4.69) is 15.3 Å². The van der Waals surface area contributed by atoms with Crippen LogP contribution in [0.15, 0.2) is 24.3 Å². The summed E-state index contributed by atoms with van der Waals surface area (Å²) < 4.78 is 0. The van der Waals surface area contributed by atoms with Crippen LogP contribution in [0, 0.1) is 5.92 Å². The number of likely N-dealkylation sites (tertiary alicyclic amines) is 1. The van der Waals surface area contributed by atoms with Gasteiger partial charge in [-0.15, -0.1) is 0 Å². The summed E-state index contributed by atoms with van der Waals surface area (Å²) in [5.41, 5.74) is 1.88. The second-order valence-electron chi connectivity index (χ2n) is 7.50. The molecule has 0 radical (unpaired) electrons. The van der Waals surface area contributed by atoms with E-state index in [0.717, 1.165) is 16.9 Å². The predicted octanol–water partition coefficient (Wildman–Crippen LogP) is 1.62. The first kappa shape index (κ1) is 19.4. The first-order valence-corrected chi connectivity index (χ1v) is 9.64. The molecule has 1 aliphatic rings. The average Bonchev–Trinajstić information content (AvgIpc) is 2.98. The Kier molecular flexibility index (Phi) is 6.11. The number of imidazole rings is 1. The summed E-state index contributed by atoms with van der Waals surface area (Å²) in [5, 5.41) is 13.2. The van der Waals surface area contributed by atoms with Crippen LogP contribution in [0.1, 0.15) is 38.9 Å². The van der Waals surface area contributed by atoms with Crippen molar-refractivity contribution >= 4 is 22.8 Å². The Morgan fingerprint density at radius 1 is 1.30 bits per heavy atom. The summed E-state index contributed by atoms with van der Waals surface area (Å²) in [6.45, 7) is 4.70. The van der Waals surface area contributed by atoms with Crippen LogP contribution in [0.5, 0.6) is 0 Å². The molecule has 1 aliphatic heterocycles. The first-order valence-electron chi connectivity index (χ1n) is 9.64. The molecule has 0 unspecified atom stereocenters. The molecule has 2 aromatic rings. The Labute approximate surface area is 159 Å². The number of aromatic amines is 1. The van der Waals surface area contributed by atoms with Crippen molar-refractivity contribution in [3.05, 3.63) is 30.1 Å². The molecule has 3 rings (SSSR count). The highest BCUT2D eigenvalue weighted by Gasteiger charge is 2.28. The lowest BCUT2D eigenvalue weighted by atomic mass is 10.1. The van der Waals surface area contributed by atoms with Crippen molar-refractivity contribution in [1.82, 2.24) is 20.2 Å². The third kappa shape index (κ3) is 4.86. The van der Waals surface area contributed by atoms with Gasteiger partial charge in [0.15, 0.2) is 0 Å². The molecule has 2 heterocycles. The standard InChI is InChI=1S/C20H28N4O3/c1-13(2)20(27)23-16-9-11-24(12-10-17(16)25)19(26)8-7-18-21-14-5-3-4-6-15(14)22-18/h3-6,13,16-17,25H,7-12H2,1-2H3,(H,21,22)(H,23,27)/t16-,17-/m0/s1. The number of carbonyl (C=O) groups excluding carboxylic acids is 2. The fourth-order valence-electron chi connectivity index (χ4n) is 3.36. The van der Waals surface area contributed by atoms with Gasteiger partial charge in [-0.05, 0) is 25.0 Å². The Morgan fingerprint density at radius 3 is 2.78 bits per heavy atom. The lowest BCUT2D eigenvalue weighted by molar-refractivity contribution is -0.131. The van der Waals surface area contributed by atoms with E-state index in [0.29, 0.717) is 38.8 Å². The maximum Gasteiger partial charge on any atom is 0.223 e. The van der Waals surface area contributed by atoms with Gasteiger partial charge >= 0.3 is 0 Å². The molecule has 0 spiro atoms. The highest BCUT2D eigenvalue weighted by molar-refractivity contribution is 5.79. The van der Waals surface area contributed by atoms with Crippen molar-refractivity contribution in [2.45, 2.75) is 51.7 Å². The van der Waals surface area contributed by atoms with E-state index in [-0.39, 0.29) is 23.8 Å². The molecule has 3 N–H and O–H groups in total. The Balaban J connectivity index is 1.53. The predicted molar refractivity (Wildman–Crippen MR) is 103 cm³/mol. The largest absolute Gasteiger partial charge is 0.391 e. The van der Waals surface area contributed by atoms with Crippen molar-refractivity contribution in [3.63, 3.8) is 0 Å². The van der Waals surface area contributed by atoms with Gasteiger partial charge in [-0.25, -0.2) is 4.98 Å². The number of aliphatic hydroxyl groups excluding tert-OH is 1. The summed E-state index contributed by atoms with van der Waals surface area (Å²) in [6.07, 6.45) is 1.34. The van der Waals surface area contributed by atoms with Gasteiger partial charge in [0.05, 0.1) is 23.2 Å². The summed E-state index contributed by atoms with van der Waals surface area (Å²) in [4.78, 5) is 34.0. The third-order valence-electron chi connectivity index (χ3n) is 5.09. The molecule has 7 nitrogen and oxygen atoms in total. The molecule has 0 saturated carbocycles. The molecule has 1 fully saturated rings. The fourth-order valence-corrected chi connectivity index (χ4v) is 3.36. The summed E-state index contributed by atoms with van der Waals surface area (Å²) >= 11 is 0. The van der Waals surface area contributed by atoms with Crippen LogP contribution in [-0.4, -0.2) is 57.0 Å². The number of nitrogens with one attached hydrogen (secondary N) is 2. The van der Waals surface area contributed by atoms with Gasteiger partial charge in [0.2, 0.25) is 11.8 Å². The topological polar surface area (TPSA) is 98.3 Å². The molecule has 1 aromatic carbocycles. The number of aliphatic hydroxyl groups is 1. The Hall–Kier alpha value is -2.41. The summed E-state index contributed by atoms with van der Waals surface area (Å²) in [6, 6.07) is 7.50. The number of nitrogens with zero attached hydrogens (tertiary/aromatic N) is 2. The maximum absolute atomic E-state index is 12.6. The lowest BCUT2D eigenvalue weighted by Gasteiger charge is -2.22. The van der Waals surface area contributed by atoms with Crippen molar-refractivity contribution in [3.8, 4) is 0 Å². The molecule has 27 heavy (non-hydrogen) atoms. The van der Waals surface area contributed by atoms with Crippen LogP contribution in [0.3, 0.4) is 0 Å². The van der Waals surface area contributed by atoms with E-state index in [9.17, 15) is 14.7 Å². The average molecular weight is 372 g/mol. The van der Waals surface area contributed by atoms with Gasteiger partial charge in [0.25, 0.3) is 0 Å². The van der Waals surface area contributed by atoms with Crippen LogP contribution < -0.4 is 5.32 Å². The van der Waals surface area contributed by atoms with Crippen LogP contribution in [-0.2, 0) is 16.0 Å². The number of H-pyrrole nitrogens is 1. The molecule has 146 valence electrons. The lowest BCUT2D eigenvalue weighted by Crippen LogP contribution is -2.44. The van der Waals surface area contributed by atoms with Crippen molar-refractivity contribution < 1.29 is 14.7 Å². The molecule has 1 aromatic heterocycles. The molecular formula is C20H28N4O3. The second kappa shape index (κ2) is 8.52. The van der Waals surface area contributed by atoms with E-state index in [4.69, 9.17) is 0 Å². The highest BCUT2D eigenvalue weighted by Crippen LogP contribution is 2.15. The zero-order chi connectivity index (χ0) is 19.4. The number of aromatic nitrogens is 2. The summed E-state index contributed by atoms with van der Waals surface area (Å²) in [7, 11) is 0.